The molecule has 0 spiro atoms. The van der Waals surface area contributed by atoms with Gasteiger partial charge in [0.15, 0.2) is 6.23 Å². The van der Waals surface area contributed by atoms with Crippen molar-refractivity contribution < 1.29 is 14.3 Å². The van der Waals surface area contributed by atoms with Crippen molar-refractivity contribution in [3.63, 3.8) is 0 Å². The van der Waals surface area contributed by atoms with Crippen molar-refractivity contribution >= 4 is 11.9 Å². The zero-order valence-corrected chi connectivity index (χ0v) is 9.03. The maximum atomic E-state index is 11.6. The molecular weight excluding hydrogens is 194 g/mol. The number of amides is 1. The zero-order valence-electron chi connectivity index (χ0n) is 9.03. The fourth-order valence-corrected chi connectivity index (χ4v) is 1.61. The maximum absolute atomic E-state index is 11.6. The second kappa shape index (κ2) is 3.68. The summed E-state index contributed by atoms with van der Waals surface area (Å²) in [6.45, 7) is 1.92. The molecule has 1 aliphatic heterocycles. The van der Waals surface area contributed by atoms with E-state index in [0.29, 0.717) is 6.42 Å². The van der Waals surface area contributed by atoms with Crippen molar-refractivity contribution in [2.24, 2.45) is 5.92 Å². The van der Waals surface area contributed by atoms with E-state index < -0.39 is 6.23 Å². The van der Waals surface area contributed by atoms with E-state index >= 15 is 0 Å². The first-order valence-electron chi connectivity index (χ1n) is 5.31. The average molecular weight is 209 g/mol. The van der Waals surface area contributed by atoms with Gasteiger partial charge in [-0.2, -0.15) is 0 Å². The standard InChI is InChI=1S/C11H15NO3/c1-3-7-6-9(12(2)10(7)13)15-11(14)8-4-5-8/h6,8-9H,3-5H2,1-2H3. The van der Waals surface area contributed by atoms with Gasteiger partial charge in [0.05, 0.1) is 5.92 Å². The SMILES string of the molecule is CCC1=CC(OC(=O)C2CC2)N(C)C1=O. The lowest BCUT2D eigenvalue weighted by atomic mass is 10.2. The molecule has 15 heavy (non-hydrogen) atoms. The molecule has 1 heterocycles. The molecule has 1 amide bonds. The first-order chi connectivity index (χ1) is 7.13. The van der Waals surface area contributed by atoms with E-state index in [1.165, 1.54) is 4.90 Å². The van der Waals surface area contributed by atoms with Crippen molar-refractivity contribution in [2.45, 2.75) is 32.4 Å². The van der Waals surface area contributed by atoms with Gasteiger partial charge in [0.1, 0.15) is 0 Å². The summed E-state index contributed by atoms with van der Waals surface area (Å²) in [5.41, 5.74) is 0.728. The molecule has 0 radical (unpaired) electrons. The summed E-state index contributed by atoms with van der Waals surface area (Å²) in [6, 6.07) is 0. The monoisotopic (exact) mass is 209 g/mol. The van der Waals surface area contributed by atoms with E-state index in [9.17, 15) is 9.59 Å². The van der Waals surface area contributed by atoms with Crippen molar-refractivity contribution in [1.82, 2.24) is 4.90 Å². The molecule has 2 aliphatic rings. The number of hydrogen-bond donors (Lipinski definition) is 0. The molecule has 1 atom stereocenters. The normalized spacial score (nSPS) is 25.5. The molecule has 82 valence electrons. The largest absolute Gasteiger partial charge is 0.437 e. The molecule has 1 aliphatic carbocycles. The number of likely N-dealkylation sites (N-methyl/N-ethyl adjacent to an activating group) is 1. The van der Waals surface area contributed by atoms with Crippen LogP contribution in [0.1, 0.15) is 26.2 Å². The van der Waals surface area contributed by atoms with Gasteiger partial charge in [-0.05, 0) is 25.3 Å². The van der Waals surface area contributed by atoms with Crippen LogP contribution in [0.2, 0.25) is 0 Å². The van der Waals surface area contributed by atoms with Gasteiger partial charge in [0.25, 0.3) is 5.91 Å². The van der Waals surface area contributed by atoms with Crippen LogP contribution in [0, 0.1) is 5.92 Å². The molecule has 1 fully saturated rings. The molecule has 4 nitrogen and oxygen atoms in total. The highest BCUT2D eigenvalue weighted by Crippen LogP contribution is 2.31. The average Bonchev–Trinajstić information content (AvgIpc) is 3.02. The lowest BCUT2D eigenvalue weighted by Crippen LogP contribution is -2.34. The van der Waals surface area contributed by atoms with Gasteiger partial charge in [-0.15, -0.1) is 0 Å². The summed E-state index contributed by atoms with van der Waals surface area (Å²) in [7, 11) is 1.66. The second-order valence-corrected chi connectivity index (χ2v) is 4.06. The van der Waals surface area contributed by atoms with Crippen LogP contribution in [0.15, 0.2) is 11.6 Å². The third-order valence-corrected chi connectivity index (χ3v) is 2.85. The molecule has 1 saturated carbocycles. The quantitative estimate of drug-likeness (QED) is 0.653. The minimum Gasteiger partial charge on any atom is -0.437 e. The number of esters is 1. The van der Waals surface area contributed by atoms with Crippen LogP contribution in [-0.4, -0.2) is 30.1 Å². The fraction of sp³-hybridized carbons (Fsp3) is 0.636. The predicted molar refractivity (Wildman–Crippen MR) is 53.7 cm³/mol. The third-order valence-electron chi connectivity index (χ3n) is 2.85. The molecule has 1 unspecified atom stereocenters. The molecule has 0 aromatic rings. The second-order valence-electron chi connectivity index (χ2n) is 4.06. The van der Waals surface area contributed by atoms with Crippen LogP contribution in [0.25, 0.3) is 0 Å². The fourth-order valence-electron chi connectivity index (χ4n) is 1.61. The van der Waals surface area contributed by atoms with Crippen LogP contribution in [-0.2, 0) is 14.3 Å². The number of nitrogens with zero attached hydrogens (tertiary/aromatic N) is 1. The van der Waals surface area contributed by atoms with Gasteiger partial charge in [-0.3, -0.25) is 9.59 Å². The van der Waals surface area contributed by atoms with E-state index in [1.54, 1.807) is 13.1 Å². The third kappa shape index (κ3) is 1.89. The van der Waals surface area contributed by atoms with E-state index in [4.69, 9.17) is 4.74 Å². The molecule has 0 aromatic carbocycles. The van der Waals surface area contributed by atoms with Gasteiger partial charge in [0, 0.05) is 12.6 Å². The number of carbonyl (C=O) groups is 2. The number of hydrogen-bond acceptors (Lipinski definition) is 3. The van der Waals surface area contributed by atoms with Crippen LogP contribution in [0.5, 0.6) is 0 Å². The highest BCUT2D eigenvalue weighted by molar-refractivity contribution is 5.96. The number of carbonyl (C=O) groups excluding carboxylic acids is 2. The van der Waals surface area contributed by atoms with Crippen LogP contribution < -0.4 is 0 Å². The summed E-state index contributed by atoms with van der Waals surface area (Å²) in [5, 5.41) is 0. The van der Waals surface area contributed by atoms with Crippen molar-refractivity contribution in [1.29, 1.82) is 0 Å². The van der Waals surface area contributed by atoms with Crippen LogP contribution in [0.3, 0.4) is 0 Å². The predicted octanol–water partition coefficient (Wildman–Crippen LogP) is 1.07. The van der Waals surface area contributed by atoms with Gasteiger partial charge in [-0.1, -0.05) is 6.92 Å². The summed E-state index contributed by atoms with van der Waals surface area (Å²) < 4.78 is 5.24. The molecule has 0 N–H and O–H groups in total. The lowest BCUT2D eigenvalue weighted by Gasteiger charge is -2.19. The highest BCUT2D eigenvalue weighted by atomic mass is 16.6. The Morgan fingerprint density at radius 1 is 1.60 bits per heavy atom. The van der Waals surface area contributed by atoms with E-state index in [1.807, 2.05) is 6.92 Å². The molecular formula is C11H15NO3. The Labute approximate surface area is 88.9 Å². The van der Waals surface area contributed by atoms with Crippen molar-refractivity contribution in [2.75, 3.05) is 7.05 Å². The van der Waals surface area contributed by atoms with Gasteiger partial charge < -0.3 is 9.64 Å². The first-order valence-corrected chi connectivity index (χ1v) is 5.31. The Hall–Kier alpha value is -1.32. The lowest BCUT2D eigenvalue weighted by molar-refractivity contribution is -0.157. The topological polar surface area (TPSA) is 46.6 Å². The van der Waals surface area contributed by atoms with E-state index in [-0.39, 0.29) is 17.8 Å². The molecule has 4 heteroatoms. The summed E-state index contributed by atoms with van der Waals surface area (Å²) >= 11 is 0. The Morgan fingerprint density at radius 2 is 2.27 bits per heavy atom. The van der Waals surface area contributed by atoms with Crippen LogP contribution >= 0.6 is 0 Å². The minimum atomic E-state index is -0.486. The minimum absolute atomic E-state index is 0.0360. The van der Waals surface area contributed by atoms with E-state index in [2.05, 4.69) is 0 Å². The van der Waals surface area contributed by atoms with Crippen LogP contribution in [0.4, 0.5) is 0 Å². The summed E-state index contributed by atoms with van der Waals surface area (Å²) in [4.78, 5) is 24.5. The zero-order chi connectivity index (χ0) is 11.0. The molecule has 2 rings (SSSR count). The van der Waals surface area contributed by atoms with Crippen molar-refractivity contribution in [3.8, 4) is 0 Å². The Bertz CT molecular complexity index is 331. The Morgan fingerprint density at radius 3 is 2.73 bits per heavy atom. The maximum Gasteiger partial charge on any atom is 0.311 e. The molecule has 0 saturated heterocycles. The highest BCUT2D eigenvalue weighted by Gasteiger charge is 2.36. The van der Waals surface area contributed by atoms with Crippen molar-refractivity contribution in [3.05, 3.63) is 11.6 Å². The Balaban J connectivity index is 2.00. The van der Waals surface area contributed by atoms with Gasteiger partial charge in [-0.25, -0.2) is 0 Å². The smallest absolute Gasteiger partial charge is 0.311 e. The molecule has 0 bridgehead atoms. The van der Waals surface area contributed by atoms with Gasteiger partial charge in [0.2, 0.25) is 0 Å². The Kier molecular flexibility index (Phi) is 2.50. The number of rotatable bonds is 3. The number of ether oxygens (including phenoxy) is 1. The van der Waals surface area contributed by atoms with Gasteiger partial charge >= 0.3 is 5.97 Å². The molecule has 0 aromatic heterocycles. The first kappa shape index (κ1) is 10.2. The summed E-state index contributed by atoms with van der Waals surface area (Å²) in [6.07, 6.45) is 3.78. The van der Waals surface area contributed by atoms with E-state index in [0.717, 1.165) is 18.4 Å². The summed E-state index contributed by atoms with van der Waals surface area (Å²) in [5.74, 6) is -0.132.